The second-order valence-electron chi connectivity index (χ2n) is 14.3. The molecule has 0 fully saturated rings. The summed E-state index contributed by atoms with van der Waals surface area (Å²) in [5, 5.41) is 0. The number of ketones is 2. The number of allylic oxidation sites excluding steroid dienone is 4. The average molecular weight is 673 g/mol. The standard InChI is InChI=1S/C44H80O4/c1-4-7-10-13-16-18-20-22-24-26-28-30-32-35-38-41(44(47)48-40-37-34-15-12-9-6-3)43(46)42(45)39-36-33-31-29-27-25-23-21-19-17-14-11-8-5-2/h22-25,41H,4-21,26-40H2,1-3H3/b24-22-,25-23-. The van der Waals surface area contributed by atoms with Crippen LogP contribution in [0.15, 0.2) is 24.3 Å². The summed E-state index contributed by atoms with van der Waals surface area (Å²) in [4.78, 5) is 39.0. The third kappa shape index (κ3) is 31.6. The molecule has 0 heterocycles. The van der Waals surface area contributed by atoms with Crippen LogP contribution in [-0.4, -0.2) is 24.1 Å². The molecule has 1 unspecified atom stereocenters. The SMILES string of the molecule is CCCCCCCC/C=C\CCCCCCC(=O)C(=O)C(CCCCCC/C=C\CCCCCCCC)C(=O)OCCCCCCCC. The number of carbonyl (C=O) groups excluding carboxylic acids is 3. The molecule has 0 amide bonds. The summed E-state index contributed by atoms with van der Waals surface area (Å²) >= 11 is 0. The Balaban J connectivity index is 4.37. The van der Waals surface area contributed by atoms with Gasteiger partial charge in [0.25, 0.3) is 0 Å². The van der Waals surface area contributed by atoms with E-state index >= 15 is 0 Å². The lowest BCUT2D eigenvalue weighted by Gasteiger charge is -2.15. The third-order valence-electron chi connectivity index (χ3n) is 9.54. The van der Waals surface area contributed by atoms with Gasteiger partial charge in [-0.05, 0) is 70.6 Å². The largest absolute Gasteiger partial charge is 0.465 e. The number of Topliss-reactive ketones (excluding diaryl/α,β-unsaturated/α-hetero) is 2. The molecule has 4 heteroatoms. The Hall–Kier alpha value is -1.71. The molecule has 0 bridgehead atoms. The minimum absolute atomic E-state index is 0.249. The zero-order valence-corrected chi connectivity index (χ0v) is 32.4. The number of ether oxygens (including phenoxy) is 1. The van der Waals surface area contributed by atoms with Gasteiger partial charge in [0.05, 0.1) is 6.61 Å². The van der Waals surface area contributed by atoms with Gasteiger partial charge in [-0.15, -0.1) is 0 Å². The summed E-state index contributed by atoms with van der Waals surface area (Å²) in [6, 6.07) is 0. The average Bonchev–Trinajstić information content (AvgIpc) is 3.09. The Morgan fingerprint density at radius 2 is 0.792 bits per heavy atom. The molecule has 0 aromatic rings. The molecule has 0 saturated heterocycles. The fourth-order valence-corrected chi connectivity index (χ4v) is 6.25. The van der Waals surface area contributed by atoms with Gasteiger partial charge in [0.1, 0.15) is 5.92 Å². The van der Waals surface area contributed by atoms with E-state index < -0.39 is 17.7 Å². The highest BCUT2D eigenvalue weighted by Gasteiger charge is 2.31. The van der Waals surface area contributed by atoms with Crippen molar-refractivity contribution in [1.29, 1.82) is 0 Å². The summed E-state index contributed by atoms with van der Waals surface area (Å²) in [5.74, 6) is -2.30. The van der Waals surface area contributed by atoms with Crippen molar-refractivity contribution in [2.24, 2.45) is 5.92 Å². The van der Waals surface area contributed by atoms with Crippen molar-refractivity contribution in [2.45, 2.75) is 226 Å². The predicted molar refractivity (Wildman–Crippen MR) is 208 cm³/mol. The van der Waals surface area contributed by atoms with E-state index in [4.69, 9.17) is 4.74 Å². The van der Waals surface area contributed by atoms with E-state index in [1.54, 1.807) is 0 Å². The lowest BCUT2D eigenvalue weighted by Crippen LogP contribution is -2.32. The van der Waals surface area contributed by atoms with Gasteiger partial charge in [0, 0.05) is 6.42 Å². The number of unbranched alkanes of at least 4 members (excludes halogenated alkanes) is 25. The van der Waals surface area contributed by atoms with E-state index in [0.29, 0.717) is 13.0 Å². The first-order valence-corrected chi connectivity index (χ1v) is 21.1. The molecule has 0 radical (unpaired) electrons. The first-order chi connectivity index (χ1) is 23.6. The van der Waals surface area contributed by atoms with Crippen LogP contribution in [0.25, 0.3) is 0 Å². The first-order valence-electron chi connectivity index (χ1n) is 21.1. The van der Waals surface area contributed by atoms with Gasteiger partial charge in [-0.1, -0.05) is 173 Å². The molecule has 0 saturated carbocycles. The van der Waals surface area contributed by atoms with Crippen LogP contribution in [-0.2, 0) is 19.1 Å². The topological polar surface area (TPSA) is 60.4 Å². The van der Waals surface area contributed by atoms with Crippen LogP contribution in [0.2, 0.25) is 0 Å². The molecular formula is C44H80O4. The number of hydrogen-bond donors (Lipinski definition) is 0. The van der Waals surface area contributed by atoms with Gasteiger partial charge in [-0.2, -0.15) is 0 Å². The lowest BCUT2D eigenvalue weighted by molar-refractivity contribution is -0.155. The maximum Gasteiger partial charge on any atom is 0.316 e. The molecule has 0 aliphatic rings. The molecular weight excluding hydrogens is 592 g/mol. The predicted octanol–water partition coefficient (Wildman–Crippen LogP) is 13.9. The van der Waals surface area contributed by atoms with Crippen molar-refractivity contribution in [3.8, 4) is 0 Å². The van der Waals surface area contributed by atoms with Gasteiger partial charge >= 0.3 is 5.97 Å². The van der Waals surface area contributed by atoms with Gasteiger partial charge in [-0.3, -0.25) is 14.4 Å². The molecule has 0 aromatic heterocycles. The Morgan fingerprint density at radius 1 is 0.438 bits per heavy atom. The van der Waals surface area contributed by atoms with Crippen molar-refractivity contribution in [3.63, 3.8) is 0 Å². The van der Waals surface area contributed by atoms with Crippen LogP contribution in [0.3, 0.4) is 0 Å². The molecule has 0 N–H and O–H groups in total. The maximum atomic E-state index is 13.2. The molecule has 0 aliphatic heterocycles. The molecule has 0 rings (SSSR count). The van der Waals surface area contributed by atoms with Gasteiger partial charge < -0.3 is 4.74 Å². The van der Waals surface area contributed by atoms with Crippen LogP contribution in [0, 0.1) is 5.92 Å². The number of esters is 1. The minimum Gasteiger partial charge on any atom is -0.465 e. The smallest absolute Gasteiger partial charge is 0.316 e. The molecule has 48 heavy (non-hydrogen) atoms. The quantitative estimate of drug-likeness (QED) is 0.0215. The van der Waals surface area contributed by atoms with Crippen LogP contribution in [0.1, 0.15) is 226 Å². The number of hydrogen-bond acceptors (Lipinski definition) is 4. The monoisotopic (exact) mass is 673 g/mol. The molecule has 4 nitrogen and oxygen atoms in total. The summed E-state index contributed by atoms with van der Waals surface area (Å²) < 4.78 is 5.55. The number of carbonyl (C=O) groups is 3. The Morgan fingerprint density at radius 3 is 1.23 bits per heavy atom. The van der Waals surface area contributed by atoms with Crippen molar-refractivity contribution in [1.82, 2.24) is 0 Å². The minimum atomic E-state index is -0.924. The zero-order chi connectivity index (χ0) is 35.2. The molecule has 0 aliphatic carbocycles. The van der Waals surface area contributed by atoms with Crippen molar-refractivity contribution in [2.75, 3.05) is 6.61 Å². The van der Waals surface area contributed by atoms with Crippen LogP contribution in [0.5, 0.6) is 0 Å². The highest BCUT2D eigenvalue weighted by atomic mass is 16.5. The normalized spacial score (nSPS) is 12.3. The van der Waals surface area contributed by atoms with E-state index in [9.17, 15) is 14.4 Å². The lowest BCUT2D eigenvalue weighted by atomic mass is 9.92. The van der Waals surface area contributed by atoms with Crippen LogP contribution < -0.4 is 0 Å². The first kappa shape index (κ1) is 46.3. The van der Waals surface area contributed by atoms with Crippen molar-refractivity contribution < 1.29 is 19.1 Å². The Kier molecular flexibility index (Phi) is 36.7. The van der Waals surface area contributed by atoms with Crippen molar-refractivity contribution in [3.05, 3.63) is 24.3 Å². The summed E-state index contributed by atoms with van der Waals surface area (Å²) in [6.45, 7) is 7.06. The molecule has 1 atom stereocenters. The Labute approximate surface area is 299 Å². The summed E-state index contributed by atoms with van der Waals surface area (Å²) in [5.41, 5.74) is 0. The van der Waals surface area contributed by atoms with Crippen molar-refractivity contribution >= 4 is 17.5 Å². The van der Waals surface area contributed by atoms with Gasteiger partial charge in [0.15, 0.2) is 5.78 Å². The van der Waals surface area contributed by atoms with Crippen LogP contribution in [0.4, 0.5) is 0 Å². The fraction of sp³-hybridized carbons (Fsp3) is 0.841. The van der Waals surface area contributed by atoms with E-state index in [0.717, 1.165) is 83.5 Å². The summed E-state index contributed by atoms with van der Waals surface area (Å²) in [7, 11) is 0. The molecule has 0 aromatic carbocycles. The second-order valence-corrected chi connectivity index (χ2v) is 14.3. The highest BCUT2D eigenvalue weighted by Crippen LogP contribution is 2.18. The third-order valence-corrected chi connectivity index (χ3v) is 9.54. The zero-order valence-electron chi connectivity index (χ0n) is 32.4. The van der Waals surface area contributed by atoms with E-state index in [1.807, 2.05) is 0 Å². The fourth-order valence-electron chi connectivity index (χ4n) is 6.25. The van der Waals surface area contributed by atoms with E-state index in [2.05, 4.69) is 45.1 Å². The van der Waals surface area contributed by atoms with Crippen LogP contribution >= 0.6 is 0 Å². The maximum absolute atomic E-state index is 13.2. The van der Waals surface area contributed by atoms with Gasteiger partial charge in [-0.25, -0.2) is 0 Å². The summed E-state index contributed by atoms with van der Waals surface area (Å²) in [6.07, 6.45) is 45.0. The Bertz CT molecular complexity index is 783. The second kappa shape index (κ2) is 38.1. The number of rotatable bonds is 38. The molecule has 0 spiro atoms. The van der Waals surface area contributed by atoms with E-state index in [1.165, 1.54) is 109 Å². The molecule has 280 valence electrons. The van der Waals surface area contributed by atoms with Gasteiger partial charge in [0.2, 0.25) is 5.78 Å². The van der Waals surface area contributed by atoms with E-state index in [-0.39, 0.29) is 12.2 Å². The highest BCUT2D eigenvalue weighted by molar-refractivity contribution is 6.41.